The van der Waals surface area contributed by atoms with Gasteiger partial charge in [-0.2, -0.15) is 0 Å². The second-order valence-corrected chi connectivity index (χ2v) is 21.1. The fourth-order valence-corrected chi connectivity index (χ4v) is 11.6. The lowest BCUT2D eigenvalue weighted by atomic mass is 9.64. The molecular formula is C58H48N3OP. The number of hydrogen-bond donors (Lipinski definition) is 0. The van der Waals surface area contributed by atoms with Crippen molar-refractivity contribution in [3.63, 3.8) is 0 Å². The number of rotatable bonds is 9. The van der Waals surface area contributed by atoms with Gasteiger partial charge in [0.15, 0.2) is 17.5 Å². The third-order valence-electron chi connectivity index (χ3n) is 13.8. The first-order valence-corrected chi connectivity index (χ1v) is 24.8. The number of hydrogen-bond acceptors (Lipinski definition) is 4. The molecule has 11 rings (SSSR count). The summed E-state index contributed by atoms with van der Waals surface area (Å²) in [7, 11) is -2.36. The van der Waals surface area contributed by atoms with Gasteiger partial charge < -0.3 is 4.57 Å². The molecule has 2 aliphatic rings. The number of aromatic nitrogens is 3. The number of benzene rings is 8. The third kappa shape index (κ3) is 7.23. The van der Waals surface area contributed by atoms with Crippen molar-refractivity contribution < 1.29 is 4.57 Å². The molecule has 0 saturated heterocycles. The summed E-state index contributed by atoms with van der Waals surface area (Å²) in [6.45, 7) is 3.68. The van der Waals surface area contributed by atoms with Crippen LogP contribution in [0, 0.1) is 11.8 Å². The first-order valence-electron chi connectivity index (χ1n) is 22.2. The lowest BCUT2D eigenvalue weighted by Gasteiger charge is -2.39. The molecule has 4 nitrogen and oxygen atoms in total. The van der Waals surface area contributed by atoms with Gasteiger partial charge in [0.2, 0.25) is 0 Å². The summed E-state index contributed by atoms with van der Waals surface area (Å²) in [5.74, 6) is 3.29. The van der Waals surface area contributed by atoms with E-state index in [9.17, 15) is 4.57 Å². The Kier molecular flexibility index (Phi) is 9.86. The molecular weight excluding hydrogens is 786 g/mol. The molecule has 3 atom stereocenters. The number of nitrogens with zero attached hydrogens (tertiary/aromatic N) is 3. The normalized spacial score (nSPS) is 18.2. The van der Waals surface area contributed by atoms with E-state index >= 15 is 0 Å². The van der Waals surface area contributed by atoms with E-state index in [0.717, 1.165) is 61.8 Å². The summed E-state index contributed by atoms with van der Waals surface area (Å²) in [6.07, 6.45) is 5.00. The molecule has 306 valence electrons. The molecule has 2 aliphatic carbocycles. The van der Waals surface area contributed by atoms with Crippen LogP contribution in [0.25, 0.3) is 78.3 Å². The van der Waals surface area contributed by atoms with E-state index in [4.69, 9.17) is 15.0 Å². The molecule has 8 aromatic carbocycles. The standard InChI is InChI=1S/C58H48N3OP/c1-63(2,62)50-17-10-16-46(37-50)40-27-32-47(33-28-40)58(38-39-22-31-49(58)36-39)48-34-29-45(30-35-48)56-59-55(60-57(61-56)54-21-11-15-42-14-6-7-20-53(42)54)44-25-23-43(24-26-44)52-19-9-8-18-51(52)41-12-4-3-5-13-41/h3-21,23-30,32-35,37,39,49H,22,31,36,38H2,1-2H3. The zero-order valence-electron chi connectivity index (χ0n) is 35.7. The van der Waals surface area contributed by atoms with Crippen LogP contribution in [-0.4, -0.2) is 28.3 Å². The maximum Gasteiger partial charge on any atom is 0.164 e. The fraction of sp³-hybridized carbons (Fsp3) is 0.155. The highest BCUT2D eigenvalue weighted by atomic mass is 31.2. The molecule has 63 heavy (non-hydrogen) atoms. The van der Waals surface area contributed by atoms with Crippen LogP contribution < -0.4 is 5.30 Å². The highest BCUT2D eigenvalue weighted by Crippen LogP contribution is 2.60. The first kappa shape index (κ1) is 39.1. The van der Waals surface area contributed by atoms with E-state index in [1.165, 1.54) is 47.1 Å². The zero-order chi connectivity index (χ0) is 42.5. The molecule has 0 amide bonds. The topological polar surface area (TPSA) is 55.7 Å². The van der Waals surface area contributed by atoms with Crippen LogP contribution in [0.5, 0.6) is 0 Å². The van der Waals surface area contributed by atoms with Crippen LogP contribution in [0.1, 0.15) is 36.8 Å². The van der Waals surface area contributed by atoms with Crippen LogP contribution in [0.3, 0.4) is 0 Å². The maximum absolute atomic E-state index is 12.9. The van der Waals surface area contributed by atoms with E-state index in [1.807, 2.05) is 25.5 Å². The van der Waals surface area contributed by atoms with Gasteiger partial charge in [-0.1, -0.05) is 194 Å². The van der Waals surface area contributed by atoms with E-state index in [2.05, 4.69) is 182 Å². The summed E-state index contributed by atoms with van der Waals surface area (Å²) >= 11 is 0. The molecule has 3 unspecified atom stereocenters. The predicted octanol–water partition coefficient (Wildman–Crippen LogP) is 14.4. The molecule has 0 N–H and O–H groups in total. The quantitative estimate of drug-likeness (QED) is 0.136. The van der Waals surface area contributed by atoms with Crippen molar-refractivity contribution in [3.8, 4) is 67.5 Å². The molecule has 1 aromatic heterocycles. The summed E-state index contributed by atoms with van der Waals surface area (Å²) in [5.41, 5.74) is 12.6. The average molecular weight is 834 g/mol. The van der Waals surface area contributed by atoms with Crippen molar-refractivity contribution in [2.24, 2.45) is 11.8 Å². The summed E-state index contributed by atoms with van der Waals surface area (Å²) < 4.78 is 12.9. The first-order chi connectivity index (χ1) is 30.8. The van der Waals surface area contributed by atoms with Crippen LogP contribution in [-0.2, 0) is 9.98 Å². The molecule has 0 spiro atoms. The van der Waals surface area contributed by atoms with Crippen molar-refractivity contribution in [1.29, 1.82) is 0 Å². The third-order valence-corrected chi connectivity index (χ3v) is 15.4. The smallest absolute Gasteiger partial charge is 0.164 e. The van der Waals surface area contributed by atoms with Gasteiger partial charge in [-0.25, -0.2) is 15.0 Å². The Morgan fingerprint density at radius 2 is 0.968 bits per heavy atom. The minimum absolute atomic E-state index is 0.0520. The summed E-state index contributed by atoms with van der Waals surface area (Å²) in [4.78, 5) is 15.6. The van der Waals surface area contributed by atoms with Gasteiger partial charge in [0, 0.05) is 27.4 Å². The second kappa shape index (κ2) is 15.9. The van der Waals surface area contributed by atoms with Gasteiger partial charge in [-0.15, -0.1) is 0 Å². The second-order valence-electron chi connectivity index (χ2n) is 17.9. The fourth-order valence-electron chi connectivity index (χ4n) is 10.7. The van der Waals surface area contributed by atoms with Crippen LogP contribution in [0.2, 0.25) is 0 Å². The van der Waals surface area contributed by atoms with Gasteiger partial charge in [0.25, 0.3) is 0 Å². The van der Waals surface area contributed by atoms with Gasteiger partial charge in [0.1, 0.15) is 7.14 Å². The van der Waals surface area contributed by atoms with Gasteiger partial charge in [-0.3, -0.25) is 0 Å². The van der Waals surface area contributed by atoms with Crippen LogP contribution in [0.15, 0.2) is 194 Å². The molecule has 9 aromatic rings. The molecule has 2 saturated carbocycles. The average Bonchev–Trinajstić information content (AvgIpc) is 3.97. The van der Waals surface area contributed by atoms with Crippen LogP contribution >= 0.6 is 7.14 Å². The van der Waals surface area contributed by atoms with Gasteiger partial charge >= 0.3 is 0 Å². The van der Waals surface area contributed by atoms with Gasteiger partial charge in [0.05, 0.1) is 0 Å². The van der Waals surface area contributed by atoms with Crippen molar-refractivity contribution >= 4 is 23.2 Å². The molecule has 0 radical (unpaired) electrons. The lowest BCUT2D eigenvalue weighted by Crippen LogP contribution is -2.34. The minimum atomic E-state index is -2.36. The highest BCUT2D eigenvalue weighted by molar-refractivity contribution is 7.70. The van der Waals surface area contributed by atoms with E-state index < -0.39 is 7.14 Å². The molecule has 2 bridgehead atoms. The molecule has 1 heterocycles. The van der Waals surface area contributed by atoms with E-state index in [-0.39, 0.29) is 5.41 Å². The Balaban J connectivity index is 0.974. The van der Waals surface area contributed by atoms with Crippen LogP contribution in [0.4, 0.5) is 0 Å². The largest absolute Gasteiger partial charge is 0.319 e. The molecule has 2 fully saturated rings. The lowest BCUT2D eigenvalue weighted by molar-refractivity contribution is 0.320. The molecule has 0 aliphatic heterocycles. The maximum atomic E-state index is 12.9. The minimum Gasteiger partial charge on any atom is -0.319 e. The highest BCUT2D eigenvalue weighted by Gasteiger charge is 2.52. The number of fused-ring (bicyclic) bond motifs is 3. The van der Waals surface area contributed by atoms with E-state index in [0.29, 0.717) is 23.4 Å². The Morgan fingerprint density at radius 1 is 0.460 bits per heavy atom. The van der Waals surface area contributed by atoms with E-state index in [1.54, 1.807) is 0 Å². The monoisotopic (exact) mass is 833 g/mol. The van der Waals surface area contributed by atoms with Gasteiger partial charge in [-0.05, 0) is 106 Å². The summed E-state index contributed by atoms with van der Waals surface area (Å²) in [6, 6.07) is 69.2. The summed E-state index contributed by atoms with van der Waals surface area (Å²) in [5, 5.41) is 3.18. The van der Waals surface area contributed by atoms with Crippen molar-refractivity contribution in [2.45, 2.75) is 31.1 Å². The molecule has 5 heteroatoms. The SMILES string of the molecule is CP(C)(=O)c1cccc(-c2ccc(C3(c4ccc(-c5nc(-c6ccc(-c7ccccc7-c7ccccc7)cc6)nc(-c6cccc7ccccc67)n5)cc4)CC4CCC3C4)cc2)c1. The van der Waals surface area contributed by atoms with Crippen molar-refractivity contribution in [1.82, 2.24) is 15.0 Å². The predicted molar refractivity (Wildman–Crippen MR) is 262 cm³/mol. The van der Waals surface area contributed by atoms with Crippen molar-refractivity contribution in [2.75, 3.05) is 13.3 Å². The Bertz CT molecular complexity index is 3170. The zero-order valence-corrected chi connectivity index (χ0v) is 36.5. The Labute approximate surface area is 370 Å². The Morgan fingerprint density at radius 3 is 1.60 bits per heavy atom. The Hall–Kier alpha value is -6.74. The van der Waals surface area contributed by atoms with Crippen molar-refractivity contribution in [3.05, 3.63) is 205 Å².